The van der Waals surface area contributed by atoms with Gasteiger partial charge in [0.25, 0.3) is 0 Å². The third-order valence-corrected chi connectivity index (χ3v) is 2.69. The van der Waals surface area contributed by atoms with Gasteiger partial charge in [-0.3, -0.25) is 4.79 Å². The van der Waals surface area contributed by atoms with Gasteiger partial charge in [0, 0.05) is 18.7 Å². The topological polar surface area (TPSA) is 61.4 Å². The number of β-amino-alcohol motifs (C(OH)–C–C–N with tert-alkyl or cyclic N) is 1. The summed E-state index contributed by atoms with van der Waals surface area (Å²) in [4.78, 5) is 11.6. The van der Waals surface area contributed by atoms with Crippen molar-refractivity contribution in [2.75, 3.05) is 11.9 Å². The maximum Gasteiger partial charge on any atom is 0.241 e. The second-order valence-electron chi connectivity index (χ2n) is 4.09. The Balaban J connectivity index is 2.09. The quantitative estimate of drug-likeness (QED) is 0.688. The number of rotatable bonds is 2. The molecule has 2 rings (SSSR count). The van der Waals surface area contributed by atoms with Crippen molar-refractivity contribution in [2.45, 2.75) is 18.6 Å². The lowest BCUT2D eigenvalue weighted by Gasteiger charge is -2.11. The molecule has 0 spiro atoms. The lowest BCUT2D eigenvalue weighted by molar-refractivity contribution is -0.118. The van der Waals surface area contributed by atoms with E-state index in [2.05, 4.69) is 10.6 Å². The van der Waals surface area contributed by atoms with Crippen LogP contribution in [0, 0.1) is 17.5 Å². The Morgan fingerprint density at radius 3 is 2.56 bits per heavy atom. The van der Waals surface area contributed by atoms with Crippen LogP contribution >= 0.6 is 0 Å². The smallest absolute Gasteiger partial charge is 0.241 e. The molecule has 18 heavy (non-hydrogen) atoms. The number of aliphatic hydroxyl groups excluding tert-OH is 1. The highest BCUT2D eigenvalue weighted by Crippen LogP contribution is 2.19. The van der Waals surface area contributed by atoms with Gasteiger partial charge >= 0.3 is 0 Å². The molecule has 1 aromatic carbocycles. The number of halogens is 3. The second-order valence-corrected chi connectivity index (χ2v) is 4.09. The number of hydrogen-bond acceptors (Lipinski definition) is 3. The fourth-order valence-corrected chi connectivity index (χ4v) is 1.75. The van der Waals surface area contributed by atoms with Gasteiger partial charge in [-0.25, -0.2) is 13.2 Å². The molecule has 1 aliphatic rings. The normalized spacial score (nSPS) is 23.1. The van der Waals surface area contributed by atoms with Gasteiger partial charge in [0.05, 0.1) is 17.8 Å². The Labute approximate surface area is 101 Å². The number of anilines is 1. The maximum atomic E-state index is 13.3. The van der Waals surface area contributed by atoms with Gasteiger partial charge in [-0.15, -0.1) is 0 Å². The van der Waals surface area contributed by atoms with E-state index in [0.717, 1.165) is 0 Å². The average molecular weight is 260 g/mol. The van der Waals surface area contributed by atoms with Crippen molar-refractivity contribution in [3.8, 4) is 0 Å². The summed E-state index contributed by atoms with van der Waals surface area (Å²) in [7, 11) is 0. The number of nitrogens with one attached hydrogen (secondary N) is 2. The summed E-state index contributed by atoms with van der Waals surface area (Å²) in [6.07, 6.45) is -0.451. The Hall–Kier alpha value is -1.60. The highest BCUT2D eigenvalue weighted by atomic mass is 19.2. The first-order chi connectivity index (χ1) is 8.47. The van der Waals surface area contributed by atoms with E-state index >= 15 is 0 Å². The molecule has 1 amide bonds. The zero-order valence-electron chi connectivity index (χ0n) is 9.21. The summed E-state index contributed by atoms with van der Waals surface area (Å²) in [5.41, 5.74) is -0.429. The van der Waals surface area contributed by atoms with Crippen LogP contribution in [0.4, 0.5) is 18.9 Å². The number of hydrogen-bond donors (Lipinski definition) is 3. The Bertz CT molecular complexity index is 482. The fraction of sp³-hybridized carbons (Fsp3) is 0.364. The Morgan fingerprint density at radius 2 is 1.94 bits per heavy atom. The predicted octanol–water partition coefficient (Wildman–Crippen LogP) is 0.765. The molecule has 1 aromatic rings. The first-order valence-corrected chi connectivity index (χ1v) is 5.34. The van der Waals surface area contributed by atoms with E-state index in [1.165, 1.54) is 0 Å². The SMILES string of the molecule is O=C(Nc1cc(F)c(F)cc1F)C1CC(O)CN1. The molecular formula is C11H11F3N2O2. The molecule has 1 heterocycles. The molecule has 2 unspecified atom stereocenters. The molecule has 2 atom stereocenters. The molecule has 4 nitrogen and oxygen atoms in total. The minimum atomic E-state index is -1.32. The van der Waals surface area contributed by atoms with E-state index in [-0.39, 0.29) is 13.0 Å². The van der Waals surface area contributed by atoms with Crippen molar-refractivity contribution in [1.29, 1.82) is 0 Å². The summed E-state index contributed by atoms with van der Waals surface area (Å²) in [6.45, 7) is 0.262. The van der Waals surface area contributed by atoms with Crippen molar-refractivity contribution in [3.63, 3.8) is 0 Å². The first kappa shape index (κ1) is 12.8. The van der Waals surface area contributed by atoms with Gasteiger partial charge in [-0.1, -0.05) is 0 Å². The summed E-state index contributed by atoms with van der Waals surface area (Å²) < 4.78 is 38.8. The van der Waals surface area contributed by atoms with Gasteiger partial charge in [0.1, 0.15) is 5.82 Å². The zero-order chi connectivity index (χ0) is 13.3. The van der Waals surface area contributed by atoms with E-state index < -0.39 is 41.2 Å². The lowest BCUT2D eigenvalue weighted by Crippen LogP contribution is -2.35. The molecule has 0 aromatic heterocycles. The molecule has 0 aliphatic carbocycles. The molecule has 0 bridgehead atoms. The molecular weight excluding hydrogens is 249 g/mol. The highest BCUT2D eigenvalue weighted by molar-refractivity contribution is 5.95. The average Bonchev–Trinajstić information content (AvgIpc) is 2.73. The van der Waals surface area contributed by atoms with Crippen LogP contribution in [0.3, 0.4) is 0 Å². The van der Waals surface area contributed by atoms with E-state index in [9.17, 15) is 23.1 Å². The van der Waals surface area contributed by atoms with E-state index in [1.807, 2.05) is 0 Å². The first-order valence-electron chi connectivity index (χ1n) is 5.34. The van der Waals surface area contributed by atoms with Crippen molar-refractivity contribution in [2.24, 2.45) is 0 Å². The van der Waals surface area contributed by atoms with Crippen molar-refractivity contribution >= 4 is 11.6 Å². The van der Waals surface area contributed by atoms with Crippen molar-refractivity contribution in [3.05, 3.63) is 29.6 Å². The lowest BCUT2D eigenvalue weighted by atomic mass is 10.2. The van der Waals surface area contributed by atoms with Crippen LogP contribution < -0.4 is 10.6 Å². The van der Waals surface area contributed by atoms with E-state index in [0.29, 0.717) is 12.1 Å². The standard InChI is InChI=1S/C11H11F3N2O2/c12-6-2-8(14)9(3-7(6)13)16-11(18)10-1-5(17)4-15-10/h2-3,5,10,15,17H,1,4H2,(H,16,18). The maximum absolute atomic E-state index is 13.3. The Kier molecular flexibility index (Phi) is 3.53. The summed E-state index contributed by atoms with van der Waals surface area (Å²) >= 11 is 0. The zero-order valence-corrected chi connectivity index (χ0v) is 9.21. The van der Waals surface area contributed by atoms with E-state index in [1.54, 1.807) is 0 Å². The van der Waals surface area contributed by atoms with Gasteiger partial charge in [0.2, 0.25) is 5.91 Å². The Morgan fingerprint density at radius 1 is 1.28 bits per heavy atom. The molecule has 0 saturated carbocycles. The minimum Gasteiger partial charge on any atom is -0.392 e. The summed E-state index contributed by atoms with van der Waals surface area (Å²) in [6, 6.07) is 0.267. The van der Waals surface area contributed by atoms with Crippen LogP contribution in [-0.4, -0.2) is 29.7 Å². The number of benzene rings is 1. The predicted molar refractivity (Wildman–Crippen MR) is 57.4 cm³/mol. The molecule has 1 saturated heterocycles. The number of carbonyl (C=O) groups excluding carboxylic acids is 1. The number of amides is 1. The van der Waals surface area contributed by atoms with Crippen LogP contribution in [0.1, 0.15) is 6.42 Å². The fourth-order valence-electron chi connectivity index (χ4n) is 1.75. The summed E-state index contributed by atoms with van der Waals surface area (Å²) in [5.74, 6) is -4.22. The second kappa shape index (κ2) is 4.95. The largest absolute Gasteiger partial charge is 0.392 e. The number of carbonyl (C=O) groups is 1. The molecule has 98 valence electrons. The monoisotopic (exact) mass is 260 g/mol. The molecule has 0 radical (unpaired) electrons. The van der Waals surface area contributed by atoms with Gasteiger partial charge < -0.3 is 15.7 Å². The third-order valence-electron chi connectivity index (χ3n) is 2.69. The van der Waals surface area contributed by atoms with Crippen molar-refractivity contribution in [1.82, 2.24) is 5.32 Å². The molecule has 1 fully saturated rings. The van der Waals surface area contributed by atoms with Gasteiger partial charge in [-0.05, 0) is 6.42 Å². The third kappa shape index (κ3) is 2.62. The highest BCUT2D eigenvalue weighted by Gasteiger charge is 2.28. The van der Waals surface area contributed by atoms with Crippen LogP contribution in [0.2, 0.25) is 0 Å². The van der Waals surface area contributed by atoms with Crippen LogP contribution in [0.5, 0.6) is 0 Å². The van der Waals surface area contributed by atoms with Gasteiger partial charge in [-0.2, -0.15) is 0 Å². The number of aliphatic hydroxyl groups is 1. The molecule has 7 heteroatoms. The van der Waals surface area contributed by atoms with Crippen LogP contribution in [-0.2, 0) is 4.79 Å². The van der Waals surface area contributed by atoms with Crippen molar-refractivity contribution < 1.29 is 23.1 Å². The molecule has 3 N–H and O–H groups in total. The van der Waals surface area contributed by atoms with Crippen LogP contribution in [0.15, 0.2) is 12.1 Å². The molecule has 1 aliphatic heterocycles. The minimum absolute atomic E-state index is 0.192. The summed E-state index contributed by atoms with van der Waals surface area (Å²) in [5, 5.41) is 14.1. The van der Waals surface area contributed by atoms with Gasteiger partial charge in [0.15, 0.2) is 11.6 Å². The van der Waals surface area contributed by atoms with Crippen LogP contribution in [0.25, 0.3) is 0 Å². The van der Waals surface area contributed by atoms with E-state index in [4.69, 9.17) is 0 Å².